The van der Waals surface area contributed by atoms with Crippen molar-refractivity contribution in [2.75, 3.05) is 0 Å². The van der Waals surface area contributed by atoms with E-state index >= 15 is 0 Å². The maximum atomic E-state index is 2.61. The van der Waals surface area contributed by atoms with Crippen LogP contribution in [0.25, 0.3) is 0 Å². The lowest BCUT2D eigenvalue weighted by molar-refractivity contribution is -0.0134. The minimum atomic E-state index is 0.684. The van der Waals surface area contributed by atoms with Gasteiger partial charge in [-0.1, -0.05) is 73.1 Å². The highest BCUT2D eigenvalue weighted by molar-refractivity contribution is 4.95. The molecule has 6 unspecified atom stereocenters. The maximum Gasteiger partial charge on any atom is -0.0272 e. The van der Waals surface area contributed by atoms with Crippen molar-refractivity contribution in [1.29, 1.82) is 0 Å². The van der Waals surface area contributed by atoms with Crippen molar-refractivity contribution < 1.29 is 0 Å². The van der Waals surface area contributed by atoms with Crippen LogP contribution in [0.5, 0.6) is 0 Å². The van der Waals surface area contributed by atoms with Gasteiger partial charge in [-0.15, -0.1) is 0 Å². The zero-order valence-electron chi connectivity index (χ0n) is 16.2. The van der Waals surface area contributed by atoms with Crippen molar-refractivity contribution in [3.63, 3.8) is 0 Å². The van der Waals surface area contributed by atoms with Gasteiger partial charge in [0.2, 0.25) is 0 Å². The lowest BCUT2D eigenvalue weighted by atomic mass is 9.54. The van der Waals surface area contributed by atoms with Crippen molar-refractivity contribution in [2.24, 2.45) is 35.0 Å². The third-order valence-electron chi connectivity index (χ3n) is 7.92. The highest BCUT2D eigenvalue weighted by Gasteiger charge is 2.44. The summed E-state index contributed by atoms with van der Waals surface area (Å²) in [6.45, 7) is 12.5. The quantitative estimate of drug-likeness (QED) is 0.507. The van der Waals surface area contributed by atoms with Crippen molar-refractivity contribution in [3.05, 3.63) is 0 Å². The molecule has 0 aromatic heterocycles. The highest BCUT2D eigenvalue weighted by Crippen LogP contribution is 2.54. The van der Waals surface area contributed by atoms with Crippen molar-refractivity contribution in [3.8, 4) is 0 Å². The van der Waals surface area contributed by atoms with E-state index in [1.807, 2.05) is 0 Å². The van der Waals surface area contributed by atoms with Gasteiger partial charge in [0.15, 0.2) is 0 Å². The molecule has 2 rings (SSSR count). The van der Waals surface area contributed by atoms with E-state index in [0.717, 1.165) is 29.6 Å². The molecule has 2 aliphatic rings. The van der Waals surface area contributed by atoms with E-state index in [1.54, 1.807) is 0 Å². The standard InChI is InChI=1S/C22H42/c1-6-9-20-11-8-13-21(22(5)15-14-19(22)4)12-7-10-17(2)18(3)16-20/h17-21H,6-16H2,1-5H3. The van der Waals surface area contributed by atoms with Crippen LogP contribution in [0.3, 0.4) is 0 Å². The summed E-state index contributed by atoms with van der Waals surface area (Å²) in [5, 5.41) is 0. The minimum absolute atomic E-state index is 0.684. The van der Waals surface area contributed by atoms with E-state index < -0.39 is 0 Å². The summed E-state index contributed by atoms with van der Waals surface area (Å²) in [5.41, 5.74) is 0.684. The van der Waals surface area contributed by atoms with Crippen LogP contribution in [0.15, 0.2) is 0 Å². The molecule has 6 atom stereocenters. The summed E-state index contributed by atoms with van der Waals surface area (Å²) in [5.74, 6) is 4.87. The molecule has 0 N–H and O–H groups in total. The van der Waals surface area contributed by atoms with E-state index in [1.165, 1.54) is 70.6 Å². The molecule has 0 amide bonds. The predicted octanol–water partition coefficient (Wildman–Crippen LogP) is 7.47. The molecule has 0 aromatic carbocycles. The van der Waals surface area contributed by atoms with Gasteiger partial charge in [0.25, 0.3) is 0 Å². The predicted molar refractivity (Wildman–Crippen MR) is 99.0 cm³/mol. The number of hydrogen-bond acceptors (Lipinski definition) is 0. The minimum Gasteiger partial charge on any atom is -0.0654 e. The third-order valence-corrected chi connectivity index (χ3v) is 7.92. The molecule has 0 spiro atoms. The van der Waals surface area contributed by atoms with Gasteiger partial charge in [-0.25, -0.2) is 0 Å². The molecule has 0 heteroatoms. The molecule has 2 aliphatic carbocycles. The van der Waals surface area contributed by atoms with Gasteiger partial charge in [0.05, 0.1) is 0 Å². The molecule has 22 heavy (non-hydrogen) atoms. The van der Waals surface area contributed by atoms with Gasteiger partial charge in [0, 0.05) is 0 Å². The van der Waals surface area contributed by atoms with Crippen LogP contribution < -0.4 is 0 Å². The van der Waals surface area contributed by atoms with E-state index in [2.05, 4.69) is 34.6 Å². The monoisotopic (exact) mass is 306 g/mol. The van der Waals surface area contributed by atoms with Crippen LogP contribution in [0.4, 0.5) is 0 Å². The summed E-state index contributed by atoms with van der Waals surface area (Å²) in [7, 11) is 0. The lowest BCUT2D eigenvalue weighted by Gasteiger charge is -2.51. The second kappa shape index (κ2) is 8.20. The summed E-state index contributed by atoms with van der Waals surface area (Å²) in [4.78, 5) is 0. The van der Waals surface area contributed by atoms with E-state index in [-0.39, 0.29) is 0 Å². The normalized spacial score (nSPS) is 44.9. The fourth-order valence-corrected chi connectivity index (χ4v) is 5.47. The van der Waals surface area contributed by atoms with Crippen LogP contribution in [0.2, 0.25) is 0 Å². The van der Waals surface area contributed by atoms with Gasteiger partial charge in [-0.05, 0) is 67.1 Å². The number of hydrogen-bond donors (Lipinski definition) is 0. The number of rotatable bonds is 3. The van der Waals surface area contributed by atoms with Gasteiger partial charge in [-0.3, -0.25) is 0 Å². The Kier molecular flexibility index (Phi) is 6.84. The molecule has 130 valence electrons. The summed E-state index contributed by atoms with van der Waals surface area (Å²) in [6, 6.07) is 0. The first-order chi connectivity index (χ1) is 10.5. The van der Waals surface area contributed by atoms with E-state index in [4.69, 9.17) is 0 Å². The van der Waals surface area contributed by atoms with Crippen LogP contribution in [0, 0.1) is 35.0 Å². The SMILES string of the molecule is CCCC1CCCC(C2(C)CCC2C)CCCC(C)C(C)C1. The second-order valence-electron chi connectivity index (χ2n) is 9.35. The Bertz CT molecular complexity index is 320. The fourth-order valence-electron chi connectivity index (χ4n) is 5.47. The summed E-state index contributed by atoms with van der Waals surface area (Å²) >= 11 is 0. The molecule has 0 heterocycles. The molecule has 0 saturated heterocycles. The smallest absolute Gasteiger partial charge is 0.0272 e. The van der Waals surface area contributed by atoms with Crippen LogP contribution in [0.1, 0.15) is 105 Å². The molecular weight excluding hydrogens is 264 g/mol. The first-order valence-electron chi connectivity index (χ1n) is 10.5. The van der Waals surface area contributed by atoms with Crippen molar-refractivity contribution in [2.45, 2.75) is 105 Å². The highest BCUT2D eigenvalue weighted by atomic mass is 14.5. The van der Waals surface area contributed by atoms with Gasteiger partial charge >= 0.3 is 0 Å². The maximum absolute atomic E-state index is 2.61. The first-order valence-corrected chi connectivity index (χ1v) is 10.5. The Morgan fingerprint density at radius 2 is 1.55 bits per heavy atom. The molecule has 0 bridgehead atoms. The Morgan fingerprint density at radius 3 is 2.09 bits per heavy atom. The van der Waals surface area contributed by atoms with Gasteiger partial charge < -0.3 is 0 Å². The lowest BCUT2D eigenvalue weighted by Crippen LogP contribution is -2.42. The Morgan fingerprint density at radius 1 is 0.864 bits per heavy atom. The fraction of sp³-hybridized carbons (Fsp3) is 1.00. The van der Waals surface area contributed by atoms with Gasteiger partial charge in [-0.2, -0.15) is 0 Å². The average molecular weight is 307 g/mol. The largest absolute Gasteiger partial charge is 0.0654 e. The van der Waals surface area contributed by atoms with Crippen molar-refractivity contribution >= 4 is 0 Å². The zero-order chi connectivity index (χ0) is 16.2. The molecule has 2 saturated carbocycles. The van der Waals surface area contributed by atoms with E-state index in [9.17, 15) is 0 Å². The Hall–Kier alpha value is 0. The molecule has 0 aliphatic heterocycles. The zero-order valence-corrected chi connectivity index (χ0v) is 16.2. The van der Waals surface area contributed by atoms with Crippen molar-refractivity contribution in [1.82, 2.24) is 0 Å². The van der Waals surface area contributed by atoms with E-state index in [0.29, 0.717) is 5.41 Å². The van der Waals surface area contributed by atoms with Crippen LogP contribution in [-0.2, 0) is 0 Å². The molecule has 0 nitrogen and oxygen atoms in total. The van der Waals surface area contributed by atoms with Gasteiger partial charge in [0.1, 0.15) is 0 Å². The molecule has 0 radical (unpaired) electrons. The van der Waals surface area contributed by atoms with Crippen LogP contribution in [-0.4, -0.2) is 0 Å². The molecule has 0 aromatic rings. The third kappa shape index (κ3) is 4.30. The first kappa shape index (κ1) is 18.3. The average Bonchev–Trinajstić information content (AvgIpc) is 2.52. The molecular formula is C22H42. The summed E-state index contributed by atoms with van der Waals surface area (Å²) < 4.78 is 0. The molecule has 2 fully saturated rings. The Labute approximate surface area is 140 Å². The Balaban J connectivity index is 2.00. The topological polar surface area (TPSA) is 0 Å². The summed E-state index contributed by atoms with van der Waals surface area (Å²) in [6.07, 6.45) is 16.3. The second-order valence-corrected chi connectivity index (χ2v) is 9.35. The van der Waals surface area contributed by atoms with Crippen LogP contribution >= 0.6 is 0 Å².